The zero-order valence-corrected chi connectivity index (χ0v) is 21.9. The van der Waals surface area contributed by atoms with Gasteiger partial charge in [0.1, 0.15) is 0 Å². The van der Waals surface area contributed by atoms with E-state index in [1.165, 1.54) is 33.4 Å². The Kier molecular flexibility index (Phi) is 16.3. The van der Waals surface area contributed by atoms with Crippen molar-refractivity contribution >= 4 is 6.88 Å². The number of benzene rings is 2. The summed E-state index contributed by atoms with van der Waals surface area (Å²) in [4.78, 5) is 0. The SMILES string of the molecule is Cc1[c-]c2c(cc1)-c1ccc(C)cc1C2.[C-]1=CC=CC1.[CH2-]CC.[CH2-]CC.[SiH2]=[Zr]. The van der Waals surface area contributed by atoms with Crippen molar-refractivity contribution in [1.82, 2.24) is 0 Å². The van der Waals surface area contributed by atoms with Crippen LogP contribution in [0.25, 0.3) is 11.1 Å². The molecule has 0 saturated heterocycles. The molecule has 150 valence electrons. The summed E-state index contributed by atoms with van der Waals surface area (Å²) in [6, 6.07) is 14.5. The molecule has 0 aliphatic heterocycles. The Morgan fingerprint density at radius 2 is 1.61 bits per heavy atom. The van der Waals surface area contributed by atoms with Gasteiger partial charge in [-0.25, -0.2) is 12.2 Å². The van der Waals surface area contributed by atoms with Crippen molar-refractivity contribution in [3.8, 4) is 11.1 Å². The van der Waals surface area contributed by atoms with Crippen LogP contribution in [0.15, 0.2) is 48.6 Å². The first-order valence-electron chi connectivity index (χ1n) is 9.84. The summed E-state index contributed by atoms with van der Waals surface area (Å²) >= 11 is 1.58. The maximum absolute atomic E-state index is 3.49. The van der Waals surface area contributed by atoms with Crippen LogP contribution >= 0.6 is 0 Å². The fourth-order valence-electron chi connectivity index (χ4n) is 2.71. The number of allylic oxidation sites excluding steroid dienone is 4. The van der Waals surface area contributed by atoms with Gasteiger partial charge in [0, 0.05) is 0 Å². The van der Waals surface area contributed by atoms with Gasteiger partial charge in [0.15, 0.2) is 0 Å². The molecule has 2 aromatic rings. The summed E-state index contributed by atoms with van der Waals surface area (Å²) < 4.78 is 0. The Hall–Kier alpha value is -0.980. The first-order valence-corrected chi connectivity index (χ1v) is 15.8. The van der Waals surface area contributed by atoms with Crippen molar-refractivity contribution in [1.29, 1.82) is 0 Å². The molecule has 2 aromatic carbocycles. The second-order valence-corrected chi connectivity index (χ2v) is 6.37. The second-order valence-electron chi connectivity index (χ2n) is 6.37. The normalized spacial score (nSPS) is 11.2. The van der Waals surface area contributed by atoms with Crippen LogP contribution in [0.3, 0.4) is 0 Å². The first kappa shape index (κ1) is 27.0. The van der Waals surface area contributed by atoms with Gasteiger partial charge < -0.3 is 13.8 Å². The van der Waals surface area contributed by atoms with E-state index in [9.17, 15) is 0 Å². The predicted molar refractivity (Wildman–Crippen MR) is 124 cm³/mol. The standard InChI is InChI=1S/C15H13.C5H5.2C3H7.H2Si.Zr/c1-10-3-5-14-12(7-10)9-13-8-11(2)4-6-15(13)14;1-2-4-5-3-1;2*1-3-2;;/h3-7H,9H2,1-2H3;1-3H,4H2;2*1,3H2,2H3;1H2;/q4*-1;;. The molecule has 0 unspecified atom stereocenters. The number of fused-ring (bicyclic) bond motifs is 3. The third-order valence-electron chi connectivity index (χ3n) is 3.68. The van der Waals surface area contributed by atoms with E-state index in [4.69, 9.17) is 0 Å². The molecule has 28 heavy (non-hydrogen) atoms. The zero-order chi connectivity index (χ0) is 21.4. The molecule has 0 heterocycles. The van der Waals surface area contributed by atoms with E-state index >= 15 is 0 Å². The van der Waals surface area contributed by atoms with Crippen LogP contribution in [-0.2, 0) is 29.8 Å². The monoisotopic (exact) mass is 464 g/mol. The Labute approximate surface area is 190 Å². The van der Waals surface area contributed by atoms with Crippen LogP contribution in [0.4, 0.5) is 0 Å². The molecule has 0 aromatic heterocycles. The van der Waals surface area contributed by atoms with Gasteiger partial charge in [0.25, 0.3) is 0 Å². The molecule has 2 heteroatoms. The van der Waals surface area contributed by atoms with Gasteiger partial charge >= 0.3 is 30.2 Å². The topological polar surface area (TPSA) is 0 Å². The molecule has 2 aliphatic carbocycles. The Bertz CT molecular complexity index is 683. The molecule has 0 amide bonds. The maximum atomic E-state index is 3.49. The number of hydrogen-bond acceptors (Lipinski definition) is 0. The summed E-state index contributed by atoms with van der Waals surface area (Å²) in [5.41, 5.74) is 8.15. The summed E-state index contributed by atoms with van der Waals surface area (Å²) in [7, 11) is 0. The van der Waals surface area contributed by atoms with E-state index in [0.717, 1.165) is 25.7 Å². The fourth-order valence-corrected chi connectivity index (χ4v) is 2.71. The zero-order valence-electron chi connectivity index (χ0n) is 18.1. The third-order valence-corrected chi connectivity index (χ3v) is 3.68. The summed E-state index contributed by atoms with van der Waals surface area (Å²) in [6.45, 7) is 17.2. The summed E-state index contributed by atoms with van der Waals surface area (Å²) in [5, 5.41) is 0. The van der Waals surface area contributed by atoms with Crippen molar-refractivity contribution < 1.29 is 23.3 Å². The minimum atomic E-state index is 1.00. The third kappa shape index (κ3) is 9.99. The van der Waals surface area contributed by atoms with E-state index in [-0.39, 0.29) is 0 Å². The van der Waals surface area contributed by atoms with Gasteiger partial charge in [-0.2, -0.15) is 42.7 Å². The summed E-state index contributed by atoms with van der Waals surface area (Å²) in [5.74, 6) is 0. The summed E-state index contributed by atoms with van der Waals surface area (Å²) in [6.07, 6.45) is 13.0. The number of rotatable bonds is 0. The van der Waals surface area contributed by atoms with Gasteiger partial charge in [-0.3, -0.25) is 6.08 Å². The predicted octanol–water partition coefficient (Wildman–Crippen LogP) is 6.52. The van der Waals surface area contributed by atoms with E-state index in [1.807, 2.05) is 32.9 Å². The van der Waals surface area contributed by atoms with E-state index < -0.39 is 0 Å². The number of aryl methyl sites for hydroxylation is 2. The molecular weight excluding hydrogens is 432 g/mol. The van der Waals surface area contributed by atoms with Crippen LogP contribution in [0.5, 0.6) is 0 Å². The van der Waals surface area contributed by atoms with Crippen LogP contribution in [0.1, 0.15) is 55.4 Å². The van der Waals surface area contributed by atoms with Gasteiger partial charge in [0.05, 0.1) is 0 Å². The molecule has 0 radical (unpaired) electrons. The first-order chi connectivity index (χ1) is 13.6. The Morgan fingerprint density at radius 3 is 2.11 bits per heavy atom. The molecule has 0 spiro atoms. The van der Waals surface area contributed by atoms with Crippen LogP contribution < -0.4 is 0 Å². The average Bonchev–Trinajstić information content (AvgIpc) is 3.35. The van der Waals surface area contributed by atoms with E-state index in [1.54, 1.807) is 23.3 Å². The van der Waals surface area contributed by atoms with Gasteiger partial charge in [-0.1, -0.05) is 50.1 Å². The molecule has 0 nitrogen and oxygen atoms in total. The molecule has 0 fully saturated rings. The van der Waals surface area contributed by atoms with E-state index in [0.29, 0.717) is 0 Å². The Balaban J connectivity index is 0.000000465. The molecule has 0 atom stereocenters. The quantitative estimate of drug-likeness (QED) is 0.262. The second kappa shape index (κ2) is 16.9. The average molecular weight is 466 g/mol. The van der Waals surface area contributed by atoms with Crippen molar-refractivity contribution in [3.05, 3.63) is 96.8 Å². The molecule has 0 saturated carbocycles. The van der Waals surface area contributed by atoms with Crippen molar-refractivity contribution in [3.63, 3.8) is 0 Å². The van der Waals surface area contributed by atoms with Gasteiger partial charge in [0.2, 0.25) is 0 Å². The van der Waals surface area contributed by atoms with Crippen LogP contribution in [0, 0.1) is 39.8 Å². The fraction of sp³-hybridized carbons (Fsp3) is 0.308. The van der Waals surface area contributed by atoms with Crippen molar-refractivity contribution in [2.45, 2.75) is 53.4 Å². The molecule has 0 N–H and O–H groups in total. The molecule has 2 aliphatic rings. The molecular formula is C26H34SiZr-4. The molecule has 0 bridgehead atoms. The van der Waals surface area contributed by atoms with Crippen molar-refractivity contribution in [2.24, 2.45) is 0 Å². The van der Waals surface area contributed by atoms with Crippen molar-refractivity contribution in [2.75, 3.05) is 0 Å². The van der Waals surface area contributed by atoms with Crippen LogP contribution in [-0.4, -0.2) is 6.88 Å². The minimum absolute atomic E-state index is 1.00. The van der Waals surface area contributed by atoms with Gasteiger partial charge in [-0.15, -0.1) is 17.5 Å². The van der Waals surface area contributed by atoms with Crippen LogP contribution in [0.2, 0.25) is 0 Å². The Morgan fingerprint density at radius 1 is 1.00 bits per heavy atom. The molecule has 4 rings (SSSR count). The van der Waals surface area contributed by atoms with E-state index in [2.05, 4.69) is 76.2 Å². The van der Waals surface area contributed by atoms with Gasteiger partial charge in [-0.05, 0) is 18.9 Å². The number of hydrogen-bond donors (Lipinski definition) is 0.